The molecule has 1 aliphatic heterocycles. The topological polar surface area (TPSA) is 9.23 Å². The molecule has 1 radical (unpaired) electrons. The third-order valence-corrected chi connectivity index (χ3v) is 2.26. The third-order valence-electron chi connectivity index (χ3n) is 2.26. The van der Waals surface area contributed by atoms with Crippen molar-refractivity contribution in [1.29, 1.82) is 0 Å². The van der Waals surface area contributed by atoms with Crippen molar-refractivity contribution < 1.29 is 4.74 Å². The first-order valence-electron chi connectivity index (χ1n) is 4.36. The Kier molecular flexibility index (Phi) is 1.60. The highest BCUT2D eigenvalue weighted by molar-refractivity contribution is 5.34. The molecule has 1 heteroatoms. The van der Waals surface area contributed by atoms with E-state index in [0.717, 1.165) is 18.6 Å². The van der Waals surface area contributed by atoms with E-state index in [1.807, 2.05) is 18.2 Å². The predicted molar refractivity (Wildman–Crippen MR) is 48.3 cm³/mol. The van der Waals surface area contributed by atoms with E-state index in [1.54, 1.807) is 0 Å². The smallest absolute Gasteiger partial charge is 0.123 e. The average Bonchev–Trinajstić information content (AvgIpc) is 2.02. The summed E-state index contributed by atoms with van der Waals surface area (Å²) in [7, 11) is 0. The zero-order valence-corrected chi connectivity index (χ0v) is 7.55. The van der Waals surface area contributed by atoms with E-state index in [-0.39, 0.29) is 5.60 Å². The molecule has 0 saturated heterocycles. The first-order valence-corrected chi connectivity index (χ1v) is 4.36. The summed E-state index contributed by atoms with van der Waals surface area (Å²) < 4.78 is 5.79. The highest BCUT2D eigenvalue weighted by Gasteiger charge is 2.25. The summed E-state index contributed by atoms with van der Waals surface area (Å²) in [6.07, 6.45) is 2.17. The lowest BCUT2D eigenvalue weighted by Crippen LogP contribution is -2.32. The number of benzene rings is 1. The first-order chi connectivity index (χ1) is 5.67. The molecule has 0 N–H and O–H groups in total. The number of ether oxygens (including phenoxy) is 1. The molecule has 0 aromatic heterocycles. The molecule has 0 bridgehead atoms. The largest absolute Gasteiger partial charge is 0.488 e. The van der Waals surface area contributed by atoms with Gasteiger partial charge in [-0.05, 0) is 38.8 Å². The van der Waals surface area contributed by atoms with Gasteiger partial charge in [0.1, 0.15) is 11.4 Å². The van der Waals surface area contributed by atoms with Gasteiger partial charge in [0.15, 0.2) is 0 Å². The summed E-state index contributed by atoms with van der Waals surface area (Å²) >= 11 is 0. The summed E-state index contributed by atoms with van der Waals surface area (Å²) in [5.74, 6) is 1.01. The van der Waals surface area contributed by atoms with Crippen LogP contribution < -0.4 is 4.74 Å². The van der Waals surface area contributed by atoms with Crippen LogP contribution in [0.1, 0.15) is 25.8 Å². The van der Waals surface area contributed by atoms with Crippen molar-refractivity contribution in [3.05, 3.63) is 29.8 Å². The minimum Gasteiger partial charge on any atom is -0.488 e. The van der Waals surface area contributed by atoms with Gasteiger partial charge in [-0.1, -0.05) is 12.1 Å². The Bertz CT molecular complexity index is 289. The summed E-state index contributed by atoms with van der Waals surface area (Å²) in [6, 6.07) is 9.14. The van der Waals surface area contributed by atoms with Gasteiger partial charge in [0.2, 0.25) is 0 Å². The van der Waals surface area contributed by atoms with Crippen molar-refractivity contribution in [1.82, 2.24) is 0 Å². The van der Waals surface area contributed by atoms with Gasteiger partial charge in [-0.2, -0.15) is 0 Å². The molecule has 0 spiro atoms. The Labute approximate surface area is 73.4 Å². The van der Waals surface area contributed by atoms with E-state index < -0.39 is 0 Å². The predicted octanol–water partition coefficient (Wildman–Crippen LogP) is 2.59. The number of fused-ring (bicyclic) bond motifs is 1. The highest BCUT2D eigenvalue weighted by Crippen LogP contribution is 2.31. The standard InChI is InChI=1S/C11H13O/c1-11(2)8-7-9-5-3-4-6-10(9)12-11/h3-4,6H,7-8H2,1-2H3. The molecular formula is C11H13O. The van der Waals surface area contributed by atoms with Crippen LogP contribution in [0.5, 0.6) is 5.75 Å². The molecule has 0 fully saturated rings. The van der Waals surface area contributed by atoms with Crippen molar-refractivity contribution in [3.63, 3.8) is 0 Å². The molecule has 1 nitrogen and oxygen atoms in total. The lowest BCUT2D eigenvalue weighted by Gasteiger charge is -2.32. The molecule has 1 heterocycles. The fraction of sp³-hybridized carbons (Fsp3) is 0.455. The lowest BCUT2D eigenvalue weighted by atomic mass is 9.94. The summed E-state index contributed by atoms with van der Waals surface area (Å²) in [5, 5.41) is 0. The molecule has 1 aromatic carbocycles. The molecule has 0 unspecified atom stereocenters. The maximum Gasteiger partial charge on any atom is 0.123 e. The van der Waals surface area contributed by atoms with Crippen LogP contribution in [0.3, 0.4) is 0 Å². The molecule has 1 aromatic rings. The molecule has 12 heavy (non-hydrogen) atoms. The zero-order chi connectivity index (χ0) is 8.60. The van der Waals surface area contributed by atoms with Crippen LogP contribution in [0.25, 0.3) is 0 Å². The van der Waals surface area contributed by atoms with E-state index in [1.165, 1.54) is 5.56 Å². The monoisotopic (exact) mass is 161 g/mol. The number of hydrogen-bond donors (Lipinski definition) is 0. The van der Waals surface area contributed by atoms with Crippen molar-refractivity contribution in [2.24, 2.45) is 0 Å². The number of rotatable bonds is 0. The van der Waals surface area contributed by atoms with E-state index >= 15 is 0 Å². The fourth-order valence-electron chi connectivity index (χ4n) is 1.52. The molecule has 0 amide bonds. The Morgan fingerprint density at radius 2 is 2.33 bits per heavy atom. The van der Waals surface area contributed by atoms with Crippen LogP contribution in [0.2, 0.25) is 0 Å². The van der Waals surface area contributed by atoms with E-state index in [2.05, 4.69) is 19.9 Å². The second-order valence-electron chi connectivity index (χ2n) is 3.87. The molecule has 2 rings (SSSR count). The van der Waals surface area contributed by atoms with Crippen molar-refractivity contribution in [2.45, 2.75) is 32.3 Å². The number of hydrogen-bond acceptors (Lipinski definition) is 1. The van der Waals surface area contributed by atoms with Gasteiger partial charge in [-0.15, -0.1) is 0 Å². The normalized spacial score (nSPS) is 19.5. The van der Waals surface area contributed by atoms with Gasteiger partial charge >= 0.3 is 0 Å². The van der Waals surface area contributed by atoms with Crippen LogP contribution in [0.4, 0.5) is 0 Å². The maximum absolute atomic E-state index is 5.79. The van der Waals surface area contributed by atoms with Gasteiger partial charge in [0.25, 0.3) is 0 Å². The van der Waals surface area contributed by atoms with Crippen LogP contribution in [0, 0.1) is 6.07 Å². The van der Waals surface area contributed by atoms with Crippen LogP contribution in [-0.4, -0.2) is 5.60 Å². The number of aryl methyl sites for hydroxylation is 1. The van der Waals surface area contributed by atoms with Gasteiger partial charge in [-0.3, -0.25) is 0 Å². The van der Waals surface area contributed by atoms with Gasteiger partial charge in [0, 0.05) is 5.56 Å². The van der Waals surface area contributed by atoms with Crippen LogP contribution in [-0.2, 0) is 6.42 Å². The van der Waals surface area contributed by atoms with Crippen molar-refractivity contribution in [2.75, 3.05) is 0 Å². The zero-order valence-electron chi connectivity index (χ0n) is 7.55. The summed E-state index contributed by atoms with van der Waals surface area (Å²) in [4.78, 5) is 0. The van der Waals surface area contributed by atoms with Crippen LogP contribution >= 0.6 is 0 Å². The molecule has 1 aliphatic rings. The van der Waals surface area contributed by atoms with E-state index in [9.17, 15) is 0 Å². The fourth-order valence-corrected chi connectivity index (χ4v) is 1.52. The average molecular weight is 161 g/mol. The Morgan fingerprint density at radius 1 is 1.50 bits per heavy atom. The van der Waals surface area contributed by atoms with E-state index in [0.29, 0.717) is 0 Å². The molecule has 0 aliphatic carbocycles. The molecule has 63 valence electrons. The quantitative estimate of drug-likeness (QED) is 0.568. The summed E-state index contributed by atoms with van der Waals surface area (Å²) in [6.45, 7) is 4.26. The Balaban J connectivity index is 2.35. The highest BCUT2D eigenvalue weighted by atomic mass is 16.5. The second-order valence-corrected chi connectivity index (χ2v) is 3.87. The SMILES string of the molecule is CC1(C)CCc2[c]cccc2O1. The minimum absolute atomic E-state index is 0.00218. The van der Waals surface area contributed by atoms with Crippen molar-refractivity contribution >= 4 is 0 Å². The van der Waals surface area contributed by atoms with Gasteiger partial charge in [-0.25, -0.2) is 0 Å². The van der Waals surface area contributed by atoms with Gasteiger partial charge in [0.05, 0.1) is 0 Å². The molecule has 0 saturated carbocycles. The minimum atomic E-state index is 0.00218. The second kappa shape index (κ2) is 2.51. The molecular weight excluding hydrogens is 148 g/mol. The van der Waals surface area contributed by atoms with Gasteiger partial charge < -0.3 is 4.74 Å². The molecule has 0 atom stereocenters. The van der Waals surface area contributed by atoms with Crippen LogP contribution in [0.15, 0.2) is 18.2 Å². The van der Waals surface area contributed by atoms with Crippen molar-refractivity contribution in [3.8, 4) is 5.75 Å². The maximum atomic E-state index is 5.79. The first kappa shape index (κ1) is 7.66. The summed E-state index contributed by atoms with van der Waals surface area (Å²) in [5.41, 5.74) is 1.22. The lowest BCUT2D eigenvalue weighted by molar-refractivity contribution is 0.0846. The third kappa shape index (κ3) is 1.31. The van der Waals surface area contributed by atoms with E-state index in [4.69, 9.17) is 4.74 Å². The Morgan fingerprint density at radius 3 is 3.17 bits per heavy atom. The Hall–Kier alpha value is -0.980.